The highest BCUT2D eigenvalue weighted by Crippen LogP contribution is 2.12. The van der Waals surface area contributed by atoms with Gasteiger partial charge in [0, 0.05) is 12.6 Å². The highest BCUT2D eigenvalue weighted by atomic mass is 19.1. The molecule has 1 saturated heterocycles. The Bertz CT molecular complexity index is 151. The normalized spacial score (nSPS) is 30.4. The average molecular weight is 161 g/mol. The van der Waals surface area contributed by atoms with Gasteiger partial charge >= 0.3 is 5.97 Å². The quantitative estimate of drug-likeness (QED) is 0.590. The van der Waals surface area contributed by atoms with Gasteiger partial charge in [-0.3, -0.25) is 4.79 Å². The minimum atomic E-state index is -0.801. The van der Waals surface area contributed by atoms with Crippen LogP contribution in [0, 0.1) is 0 Å². The third kappa shape index (κ3) is 2.46. The molecule has 3 nitrogen and oxygen atoms in total. The molecule has 0 aromatic carbocycles. The van der Waals surface area contributed by atoms with Crippen LogP contribution in [0.2, 0.25) is 0 Å². The molecule has 1 aliphatic heterocycles. The fraction of sp³-hybridized carbons (Fsp3) is 0.857. The molecular formula is C7H12FNO2. The van der Waals surface area contributed by atoms with E-state index in [0.717, 1.165) is 0 Å². The predicted molar refractivity (Wildman–Crippen MR) is 37.9 cm³/mol. The summed E-state index contributed by atoms with van der Waals surface area (Å²) in [6, 6.07) is -0.0301. The molecule has 0 amide bonds. The highest BCUT2D eigenvalue weighted by molar-refractivity contribution is 5.69. The maximum Gasteiger partial charge on any atom is 0.307 e. The molecule has 1 N–H and O–H groups in total. The van der Waals surface area contributed by atoms with Crippen LogP contribution in [0.5, 0.6) is 0 Å². The van der Waals surface area contributed by atoms with Gasteiger partial charge in [0.2, 0.25) is 0 Å². The van der Waals surface area contributed by atoms with Crippen LogP contribution in [0.3, 0.4) is 0 Å². The largest absolute Gasteiger partial charge is 0.469 e. The van der Waals surface area contributed by atoms with E-state index in [-0.39, 0.29) is 18.4 Å². The first-order chi connectivity index (χ1) is 5.22. The second-order valence-corrected chi connectivity index (χ2v) is 2.72. The number of carbonyl (C=O) groups is 1. The van der Waals surface area contributed by atoms with Gasteiger partial charge in [-0.2, -0.15) is 0 Å². The molecule has 1 aliphatic rings. The second-order valence-electron chi connectivity index (χ2n) is 2.72. The molecule has 0 radical (unpaired) electrons. The zero-order valence-corrected chi connectivity index (χ0v) is 6.47. The lowest BCUT2D eigenvalue weighted by Gasteiger charge is -2.06. The summed E-state index contributed by atoms with van der Waals surface area (Å²) in [5, 5.41) is 2.90. The van der Waals surface area contributed by atoms with Crippen LogP contribution in [0.25, 0.3) is 0 Å². The summed E-state index contributed by atoms with van der Waals surface area (Å²) in [7, 11) is 1.34. The van der Waals surface area contributed by atoms with Gasteiger partial charge in [0.25, 0.3) is 0 Å². The van der Waals surface area contributed by atoms with Crippen LogP contribution in [0.15, 0.2) is 0 Å². The number of ether oxygens (including phenoxy) is 1. The van der Waals surface area contributed by atoms with E-state index in [9.17, 15) is 9.18 Å². The number of hydrogen-bond acceptors (Lipinski definition) is 3. The Morgan fingerprint density at radius 1 is 1.82 bits per heavy atom. The molecule has 0 aromatic heterocycles. The molecule has 1 heterocycles. The van der Waals surface area contributed by atoms with Crippen LogP contribution in [-0.2, 0) is 9.53 Å². The van der Waals surface area contributed by atoms with E-state index in [1.54, 1.807) is 0 Å². The van der Waals surface area contributed by atoms with Crippen molar-refractivity contribution in [1.82, 2.24) is 5.32 Å². The molecule has 0 unspecified atom stereocenters. The Morgan fingerprint density at radius 2 is 2.55 bits per heavy atom. The maximum absolute atomic E-state index is 12.5. The summed E-state index contributed by atoms with van der Waals surface area (Å²) in [5.41, 5.74) is 0. The van der Waals surface area contributed by atoms with Crippen molar-refractivity contribution in [3.05, 3.63) is 0 Å². The number of hydrogen-bond donors (Lipinski definition) is 1. The smallest absolute Gasteiger partial charge is 0.307 e. The maximum atomic E-state index is 12.5. The van der Waals surface area contributed by atoms with Gasteiger partial charge in [-0.1, -0.05) is 0 Å². The molecule has 1 rings (SSSR count). The van der Waals surface area contributed by atoms with Gasteiger partial charge in [-0.05, 0) is 6.42 Å². The zero-order chi connectivity index (χ0) is 8.27. The van der Waals surface area contributed by atoms with Crippen molar-refractivity contribution in [2.75, 3.05) is 13.7 Å². The van der Waals surface area contributed by atoms with Crippen molar-refractivity contribution in [3.63, 3.8) is 0 Å². The number of carbonyl (C=O) groups excluding carboxylic acids is 1. The fourth-order valence-electron chi connectivity index (χ4n) is 1.21. The lowest BCUT2D eigenvalue weighted by Crippen LogP contribution is -2.24. The summed E-state index contributed by atoms with van der Waals surface area (Å²) >= 11 is 0. The highest BCUT2D eigenvalue weighted by Gasteiger charge is 2.25. The van der Waals surface area contributed by atoms with Crippen molar-refractivity contribution < 1.29 is 13.9 Å². The fourth-order valence-corrected chi connectivity index (χ4v) is 1.21. The number of esters is 1. The van der Waals surface area contributed by atoms with Gasteiger partial charge in [0.1, 0.15) is 6.17 Å². The zero-order valence-electron chi connectivity index (χ0n) is 6.47. The minimum Gasteiger partial charge on any atom is -0.469 e. The van der Waals surface area contributed by atoms with Gasteiger partial charge in [-0.25, -0.2) is 4.39 Å². The molecule has 1 fully saturated rings. The molecule has 0 bridgehead atoms. The molecule has 2 atom stereocenters. The van der Waals surface area contributed by atoms with Gasteiger partial charge < -0.3 is 10.1 Å². The molecule has 4 heteroatoms. The van der Waals surface area contributed by atoms with Crippen molar-refractivity contribution in [3.8, 4) is 0 Å². The van der Waals surface area contributed by atoms with Crippen LogP contribution in [0.4, 0.5) is 4.39 Å². The number of halogens is 1. The van der Waals surface area contributed by atoms with E-state index in [0.29, 0.717) is 13.0 Å². The third-order valence-corrected chi connectivity index (χ3v) is 1.81. The summed E-state index contributed by atoms with van der Waals surface area (Å²) < 4.78 is 17.0. The molecule has 64 valence electrons. The Labute approximate surface area is 64.9 Å². The van der Waals surface area contributed by atoms with Crippen LogP contribution in [-0.4, -0.2) is 31.8 Å². The topological polar surface area (TPSA) is 38.3 Å². The van der Waals surface area contributed by atoms with Crippen molar-refractivity contribution >= 4 is 5.97 Å². The molecule has 11 heavy (non-hydrogen) atoms. The Balaban J connectivity index is 2.23. The Hall–Kier alpha value is -0.640. The van der Waals surface area contributed by atoms with Crippen molar-refractivity contribution in [1.29, 1.82) is 0 Å². The first-order valence-electron chi connectivity index (χ1n) is 3.66. The molecular weight excluding hydrogens is 149 g/mol. The standard InChI is InChI=1S/C7H12FNO2/c1-11-7(10)3-6-2-5(8)4-9-6/h5-6,9H,2-4H2,1H3/t5-,6-/m0/s1. The average Bonchev–Trinajstić information content (AvgIpc) is 2.35. The van der Waals surface area contributed by atoms with E-state index < -0.39 is 6.17 Å². The van der Waals surface area contributed by atoms with Crippen molar-refractivity contribution in [2.45, 2.75) is 25.1 Å². The SMILES string of the molecule is COC(=O)C[C@@H]1C[C@H](F)CN1. The first kappa shape index (κ1) is 8.46. The van der Waals surface area contributed by atoms with Gasteiger partial charge in [0.15, 0.2) is 0 Å². The number of methoxy groups -OCH3 is 1. The van der Waals surface area contributed by atoms with E-state index in [1.807, 2.05) is 0 Å². The molecule has 0 spiro atoms. The summed E-state index contributed by atoms with van der Waals surface area (Å²) in [5.74, 6) is -0.281. The number of rotatable bonds is 2. The first-order valence-corrected chi connectivity index (χ1v) is 3.66. The predicted octanol–water partition coefficient (Wildman–Crippen LogP) is 0.250. The summed E-state index contributed by atoms with van der Waals surface area (Å²) in [6.45, 7) is 0.363. The van der Waals surface area contributed by atoms with Crippen LogP contribution < -0.4 is 5.32 Å². The van der Waals surface area contributed by atoms with E-state index >= 15 is 0 Å². The van der Waals surface area contributed by atoms with E-state index in [4.69, 9.17) is 0 Å². The van der Waals surface area contributed by atoms with Gasteiger partial charge in [-0.15, -0.1) is 0 Å². The van der Waals surface area contributed by atoms with Crippen LogP contribution >= 0.6 is 0 Å². The van der Waals surface area contributed by atoms with Crippen LogP contribution in [0.1, 0.15) is 12.8 Å². The molecule has 0 aliphatic carbocycles. The lowest BCUT2D eigenvalue weighted by atomic mass is 10.1. The second kappa shape index (κ2) is 3.67. The monoisotopic (exact) mass is 161 g/mol. The summed E-state index contributed by atoms with van der Waals surface area (Å²) in [4.78, 5) is 10.7. The van der Waals surface area contributed by atoms with Gasteiger partial charge in [0.05, 0.1) is 13.5 Å². The lowest BCUT2D eigenvalue weighted by molar-refractivity contribution is -0.141. The molecule has 0 aromatic rings. The third-order valence-electron chi connectivity index (χ3n) is 1.81. The van der Waals surface area contributed by atoms with E-state index in [1.165, 1.54) is 7.11 Å². The Morgan fingerprint density at radius 3 is 3.00 bits per heavy atom. The number of alkyl halides is 1. The van der Waals surface area contributed by atoms with E-state index in [2.05, 4.69) is 10.1 Å². The number of nitrogens with one attached hydrogen (secondary N) is 1. The Kier molecular flexibility index (Phi) is 2.82. The molecule has 0 saturated carbocycles. The minimum absolute atomic E-state index is 0.0301. The summed E-state index contributed by atoms with van der Waals surface area (Å²) in [6.07, 6.45) is -0.101. The van der Waals surface area contributed by atoms with Crippen molar-refractivity contribution in [2.24, 2.45) is 0 Å².